The molecule has 2 heterocycles. The number of thiophene rings is 1. The molecule has 0 aliphatic rings. The molecule has 0 aliphatic heterocycles. The summed E-state index contributed by atoms with van der Waals surface area (Å²) in [4.78, 5) is 51.5. The van der Waals surface area contributed by atoms with Crippen molar-refractivity contribution in [3.8, 4) is 0 Å². The molecule has 0 aliphatic carbocycles. The molecular weight excluding hydrogens is 622 g/mol. The van der Waals surface area contributed by atoms with Gasteiger partial charge in [-0.05, 0) is 57.0 Å². The zero-order chi connectivity index (χ0) is 32.5. The minimum absolute atomic E-state index is 0.00429. The summed E-state index contributed by atoms with van der Waals surface area (Å²) in [6.45, 7) is 7.24. The van der Waals surface area contributed by atoms with Gasteiger partial charge < -0.3 is 24.7 Å². The minimum atomic E-state index is -0.720. The fourth-order valence-corrected chi connectivity index (χ4v) is 6.18. The average Bonchev–Trinajstić information content (AvgIpc) is 3.55. The largest absolute Gasteiger partial charge is 0.462 e. The number of benzene rings is 2. The van der Waals surface area contributed by atoms with Gasteiger partial charge in [0.25, 0.3) is 5.91 Å². The number of hydrogen-bond acceptors (Lipinski definition) is 10. The molecule has 0 saturated heterocycles. The Morgan fingerprint density at radius 1 is 1.00 bits per heavy atom. The average molecular weight is 654 g/mol. The van der Waals surface area contributed by atoms with E-state index in [0.29, 0.717) is 23.1 Å². The van der Waals surface area contributed by atoms with Crippen LogP contribution in [0.15, 0.2) is 59.8 Å². The predicted molar refractivity (Wildman–Crippen MR) is 168 cm³/mol. The molecule has 2 N–H and O–H groups in total. The number of rotatable bonds is 13. The molecule has 0 unspecified atom stereocenters. The lowest BCUT2D eigenvalue weighted by Crippen LogP contribution is -2.25. The number of ether oxygens (including phenoxy) is 2. The van der Waals surface area contributed by atoms with Crippen molar-refractivity contribution in [3.63, 3.8) is 0 Å². The number of hydrogen-bond donors (Lipinski definition) is 2. The number of halogens is 1. The van der Waals surface area contributed by atoms with Crippen LogP contribution in [0.1, 0.15) is 68.1 Å². The lowest BCUT2D eigenvalue weighted by atomic mass is 10.1. The van der Waals surface area contributed by atoms with E-state index in [0.717, 1.165) is 34.7 Å². The van der Waals surface area contributed by atoms with Crippen molar-refractivity contribution in [1.29, 1.82) is 0 Å². The molecule has 236 valence electrons. The Bertz CT molecular complexity index is 1690. The van der Waals surface area contributed by atoms with Crippen LogP contribution in [0.4, 0.5) is 9.39 Å². The molecule has 0 bridgehead atoms. The third-order valence-corrected chi connectivity index (χ3v) is 8.71. The maximum absolute atomic E-state index is 13.6. The van der Waals surface area contributed by atoms with E-state index in [9.17, 15) is 23.6 Å². The quantitative estimate of drug-likeness (QED) is 0.146. The molecule has 14 heteroatoms. The molecule has 45 heavy (non-hydrogen) atoms. The van der Waals surface area contributed by atoms with E-state index in [2.05, 4.69) is 20.8 Å². The Morgan fingerprint density at radius 3 is 2.40 bits per heavy atom. The molecule has 0 radical (unpaired) electrons. The van der Waals surface area contributed by atoms with Crippen molar-refractivity contribution < 1.29 is 33.0 Å². The smallest absolute Gasteiger partial charge is 0.348 e. The zero-order valence-corrected chi connectivity index (χ0v) is 26.7. The van der Waals surface area contributed by atoms with E-state index in [4.69, 9.17) is 9.47 Å². The third-order valence-electron chi connectivity index (χ3n) is 6.45. The number of carbonyl (C=O) groups excluding carboxylic acids is 4. The lowest BCUT2D eigenvalue weighted by molar-refractivity contribution is -0.115. The summed E-state index contributed by atoms with van der Waals surface area (Å²) < 4.78 is 25.7. The van der Waals surface area contributed by atoms with Gasteiger partial charge in [0.1, 0.15) is 15.7 Å². The van der Waals surface area contributed by atoms with E-state index >= 15 is 0 Å². The van der Waals surface area contributed by atoms with Gasteiger partial charge in [0.05, 0.1) is 37.1 Å². The molecule has 0 fully saturated rings. The first kappa shape index (κ1) is 33.3. The number of anilines is 1. The van der Waals surface area contributed by atoms with E-state index in [1.165, 1.54) is 18.2 Å². The molecule has 2 aromatic carbocycles. The number of amides is 2. The summed E-state index contributed by atoms with van der Waals surface area (Å²) in [5.74, 6) is -2.28. The first-order valence-corrected chi connectivity index (χ1v) is 15.8. The van der Waals surface area contributed by atoms with Crippen molar-refractivity contribution in [2.45, 2.75) is 51.2 Å². The van der Waals surface area contributed by atoms with Gasteiger partial charge in [-0.25, -0.2) is 14.0 Å². The normalized spacial score (nSPS) is 11.5. The Balaban J connectivity index is 1.55. The summed E-state index contributed by atoms with van der Waals surface area (Å²) >= 11 is 2.08. The molecule has 4 rings (SSSR count). The van der Waals surface area contributed by atoms with Crippen LogP contribution in [0, 0.1) is 12.7 Å². The highest BCUT2D eigenvalue weighted by molar-refractivity contribution is 8.00. The topological polar surface area (TPSA) is 142 Å². The van der Waals surface area contributed by atoms with Gasteiger partial charge in [0.2, 0.25) is 5.91 Å². The maximum Gasteiger partial charge on any atom is 0.348 e. The summed E-state index contributed by atoms with van der Waals surface area (Å²) in [5, 5.41) is 13.9. The molecule has 1 atom stereocenters. The van der Waals surface area contributed by atoms with E-state index in [-0.39, 0.29) is 40.8 Å². The predicted octanol–water partition coefficient (Wildman–Crippen LogP) is 5.24. The fraction of sp³-hybridized carbons (Fsp3) is 0.290. The van der Waals surface area contributed by atoms with Crippen LogP contribution in [-0.4, -0.2) is 57.0 Å². The van der Waals surface area contributed by atoms with Gasteiger partial charge in [0.15, 0.2) is 11.0 Å². The number of esters is 2. The van der Waals surface area contributed by atoms with Crippen LogP contribution < -0.4 is 10.6 Å². The second-order valence-corrected chi connectivity index (χ2v) is 11.9. The molecule has 4 aromatic rings. The minimum Gasteiger partial charge on any atom is -0.462 e. The van der Waals surface area contributed by atoms with Gasteiger partial charge in [-0.3, -0.25) is 9.59 Å². The third kappa shape index (κ3) is 8.34. The second-order valence-electron chi connectivity index (χ2n) is 9.61. The molecule has 2 aromatic heterocycles. The van der Waals surface area contributed by atoms with E-state index in [1.54, 1.807) is 32.3 Å². The van der Waals surface area contributed by atoms with Crippen LogP contribution in [0.3, 0.4) is 0 Å². The Morgan fingerprint density at radius 2 is 1.71 bits per heavy atom. The Labute approximate surface area is 267 Å². The SMILES string of the molecule is CCOC(=O)c1sc(NC(=O)[C@@H](C)Sc2nnc(CNC(=O)c3cccc(F)c3)n2Cc2ccccc2)c(C(=O)OCC)c1C. The van der Waals surface area contributed by atoms with Gasteiger partial charge in [-0.15, -0.1) is 21.5 Å². The highest BCUT2D eigenvalue weighted by atomic mass is 32.2. The van der Waals surface area contributed by atoms with Crippen molar-refractivity contribution in [2.24, 2.45) is 0 Å². The standard InChI is InChI=1S/C31H32FN5O6S2/c1-5-42-29(40)24-18(3)25(30(41)43-6-2)45-28(24)34-26(38)19(4)44-31-36-35-23(37(31)17-20-11-8-7-9-12-20)16-33-27(39)21-13-10-14-22(32)15-21/h7-15,19H,5-6,16-17H2,1-4H3,(H,33,39)(H,34,38)/t19-/m1/s1. The van der Waals surface area contributed by atoms with Crippen LogP contribution in [-0.2, 0) is 27.4 Å². The summed E-state index contributed by atoms with van der Waals surface area (Å²) in [6, 6.07) is 14.9. The Kier molecular flexibility index (Phi) is 11.4. The van der Waals surface area contributed by atoms with Crippen molar-refractivity contribution in [3.05, 3.63) is 93.4 Å². The van der Waals surface area contributed by atoms with Crippen LogP contribution in [0.5, 0.6) is 0 Å². The van der Waals surface area contributed by atoms with Crippen LogP contribution >= 0.6 is 23.1 Å². The number of nitrogens with one attached hydrogen (secondary N) is 2. The summed E-state index contributed by atoms with van der Waals surface area (Å²) in [6.07, 6.45) is 0. The fourth-order valence-electron chi connectivity index (χ4n) is 4.22. The summed E-state index contributed by atoms with van der Waals surface area (Å²) in [5.41, 5.74) is 1.56. The van der Waals surface area contributed by atoms with Gasteiger partial charge in [-0.1, -0.05) is 48.2 Å². The highest BCUT2D eigenvalue weighted by Gasteiger charge is 2.29. The number of carbonyl (C=O) groups is 4. The van der Waals surface area contributed by atoms with Crippen molar-refractivity contribution in [2.75, 3.05) is 18.5 Å². The van der Waals surface area contributed by atoms with Crippen molar-refractivity contribution >= 4 is 51.9 Å². The molecular formula is C31H32FN5O6S2. The van der Waals surface area contributed by atoms with Crippen molar-refractivity contribution in [1.82, 2.24) is 20.1 Å². The Hall–Kier alpha value is -4.56. The lowest BCUT2D eigenvalue weighted by Gasteiger charge is -2.14. The first-order chi connectivity index (χ1) is 21.6. The molecule has 11 nitrogen and oxygen atoms in total. The van der Waals surface area contributed by atoms with E-state index < -0.39 is 34.8 Å². The van der Waals surface area contributed by atoms with Gasteiger partial charge >= 0.3 is 11.9 Å². The molecule has 0 spiro atoms. The maximum atomic E-state index is 13.6. The first-order valence-electron chi connectivity index (χ1n) is 14.1. The monoisotopic (exact) mass is 653 g/mol. The highest BCUT2D eigenvalue weighted by Crippen LogP contribution is 2.35. The van der Waals surface area contributed by atoms with E-state index in [1.807, 2.05) is 30.3 Å². The van der Waals surface area contributed by atoms with Gasteiger partial charge in [0, 0.05) is 5.56 Å². The van der Waals surface area contributed by atoms with Crippen LogP contribution in [0.25, 0.3) is 0 Å². The van der Waals surface area contributed by atoms with Gasteiger partial charge in [-0.2, -0.15) is 0 Å². The number of aromatic nitrogens is 3. The number of nitrogens with zero attached hydrogens (tertiary/aromatic N) is 3. The summed E-state index contributed by atoms with van der Waals surface area (Å²) in [7, 11) is 0. The molecule has 0 saturated carbocycles. The van der Waals surface area contributed by atoms with Crippen LogP contribution in [0.2, 0.25) is 0 Å². The number of thioether (sulfide) groups is 1. The second kappa shape index (κ2) is 15.4. The zero-order valence-electron chi connectivity index (χ0n) is 25.1. The molecule has 2 amide bonds.